The lowest BCUT2D eigenvalue weighted by Crippen LogP contribution is -2.44. The van der Waals surface area contributed by atoms with Crippen LogP contribution in [-0.2, 0) is 6.61 Å². The first-order chi connectivity index (χ1) is 17.4. The zero-order chi connectivity index (χ0) is 25.7. The molecule has 1 aliphatic heterocycles. The van der Waals surface area contributed by atoms with Crippen molar-refractivity contribution < 1.29 is 27.7 Å². The van der Waals surface area contributed by atoms with Crippen LogP contribution in [0.2, 0.25) is 0 Å². The van der Waals surface area contributed by atoms with Gasteiger partial charge in [-0.15, -0.1) is 0 Å². The minimum Gasteiger partial charge on any atom is -0.495 e. The van der Waals surface area contributed by atoms with Gasteiger partial charge in [0, 0.05) is 37.9 Å². The lowest BCUT2D eigenvalue weighted by atomic mass is 10.1. The molecule has 1 aromatic heterocycles. The Bertz CT molecular complexity index is 1160. The highest BCUT2D eigenvalue weighted by Crippen LogP contribution is 2.34. The summed E-state index contributed by atoms with van der Waals surface area (Å²) in [6, 6.07) is 6.93. The zero-order valence-corrected chi connectivity index (χ0v) is 20.7. The SMILES string of the molecule is COc1ccc(Nc2ncc(OCc3c(F)c(OC)cc(OC)c3F)cn2)cc1N1CCN(C)CC1. The number of aromatic nitrogens is 2. The molecule has 0 radical (unpaired) electrons. The Labute approximate surface area is 208 Å². The maximum atomic E-state index is 14.5. The summed E-state index contributed by atoms with van der Waals surface area (Å²) in [5.74, 6) is -0.609. The maximum Gasteiger partial charge on any atom is 0.227 e. The molecule has 1 fully saturated rings. The Morgan fingerprint density at radius 2 is 1.47 bits per heavy atom. The molecule has 0 saturated carbocycles. The van der Waals surface area contributed by atoms with E-state index in [0.717, 1.165) is 49.4 Å². The van der Waals surface area contributed by atoms with Crippen molar-refractivity contribution in [3.8, 4) is 23.0 Å². The number of ether oxygens (including phenoxy) is 4. The highest BCUT2D eigenvalue weighted by molar-refractivity contribution is 5.68. The molecular formula is C25H29F2N5O4. The lowest BCUT2D eigenvalue weighted by molar-refractivity contribution is 0.280. The normalized spacial score (nSPS) is 13.9. The molecule has 2 aromatic carbocycles. The number of anilines is 3. The highest BCUT2D eigenvalue weighted by atomic mass is 19.1. The van der Waals surface area contributed by atoms with Crippen molar-refractivity contribution >= 4 is 17.3 Å². The lowest BCUT2D eigenvalue weighted by Gasteiger charge is -2.34. The van der Waals surface area contributed by atoms with Gasteiger partial charge in [0.25, 0.3) is 0 Å². The number of nitrogens with zero attached hydrogens (tertiary/aromatic N) is 4. The van der Waals surface area contributed by atoms with Gasteiger partial charge in [-0.2, -0.15) is 0 Å². The molecule has 1 saturated heterocycles. The van der Waals surface area contributed by atoms with Crippen molar-refractivity contribution in [3.63, 3.8) is 0 Å². The molecule has 4 rings (SSSR count). The third-order valence-corrected chi connectivity index (χ3v) is 5.95. The molecular weight excluding hydrogens is 472 g/mol. The maximum absolute atomic E-state index is 14.5. The topological polar surface area (TPSA) is 81.2 Å². The zero-order valence-electron chi connectivity index (χ0n) is 20.7. The Morgan fingerprint density at radius 3 is 2.06 bits per heavy atom. The van der Waals surface area contributed by atoms with Crippen LogP contribution < -0.4 is 29.2 Å². The van der Waals surface area contributed by atoms with Crippen LogP contribution in [0.5, 0.6) is 23.0 Å². The van der Waals surface area contributed by atoms with Crippen LogP contribution in [-0.4, -0.2) is 69.4 Å². The molecule has 192 valence electrons. The Balaban J connectivity index is 1.44. The van der Waals surface area contributed by atoms with Gasteiger partial charge in [-0.25, -0.2) is 18.7 Å². The summed E-state index contributed by atoms with van der Waals surface area (Å²) in [7, 11) is 6.34. The van der Waals surface area contributed by atoms with Gasteiger partial charge in [0.1, 0.15) is 12.4 Å². The number of methoxy groups -OCH3 is 3. The van der Waals surface area contributed by atoms with E-state index in [4.69, 9.17) is 18.9 Å². The average molecular weight is 502 g/mol. The fourth-order valence-electron chi connectivity index (χ4n) is 3.87. The van der Waals surface area contributed by atoms with Crippen molar-refractivity contribution in [2.24, 2.45) is 0 Å². The number of nitrogens with one attached hydrogen (secondary N) is 1. The van der Waals surface area contributed by atoms with Gasteiger partial charge in [0.2, 0.25) is 5.95 Å². The summed E-state index contributed by atoms with van der Waals surface area (Å²) in [5.41, 5.74) is 1.47. The summed E-state index contributed by atoms with van der Waals surface area (Å²) >= 11 is 0. The quantitative estimate of drug-likeness (QED) is 0.470. The van der Waals surface area contributed by atoms with E-state index in [0.29, 0.717) is 5.95 Å². The second kappa shape index (κ2) is 11.3. The van der Waals surface area contributed by atoms with E-state index >= 15 is 0 Å². The number of rotatable bonds is 9. The summed E-state index contributed by atoms with van der Waals surface area (Å²) in [6.45, 7) is 3.36. The van der Waals surface area contributed by atoms with E-state index < -0.39 is 18.2 Å². The van der Waals surface area contributed by atoms with Crippen molar-refractivity contribution in [3.05, 3.63) is 53.9 Å². The largest absolute Gasteiger partial charge is 0.495 e. The summed E-state index contributed by atoms with van der Waals surface area (Å²) in [5, 5.41) is 3.17. The van der Waals surface area contributed by atoms with Gasteiger partial charge in [0.05, 0.1) is 45.0 Å². The Hall–Kier alpha value is -3.86. The molecule has 0 aliphatic carbocycles. The second-order valence-electron chi connectivity index (χ2n) is 8.22. The fraction of sp³-hybridized carbons (Fsp3) is 0.360. The third-order valence-electron chi connectivity index (χ3n) is 5.95. The van der Waals surface area contributed by atoms with E-state index in [1.54, 1.807) is 7.11 Å². The van der Waals surface area contributed by atoms with Crippen molar-refractivity contribution in [1.82, 2.24) is 14.9 Å². The minimum absolute atomic E-state index is 0.141. The minimum atomic E-state index is -0.856. The number of hydrogen-bond donors (Lipinski definition) is 1. The van der Waals surface area contributed by atoms with Crippen LogP contribution in [0.4, 0.5) is 26.1 Å². The van der Waals surface area contributed by atoms with Gasteiger partial charge in [-0.3, -0.25) is 0 Å². The molecule has 0 unspecified atom stereocenters. The molecule has 1 N–H and O–H groups in total. The third kappa shape index (κ3) is 5.51. The van der Waals surface area contributed by atoms with Crippen LogP contribution in [0.15, 0.2) is 36.7 Å². The van der Waals surface area contributed by atoms with Crippen LogP contribution in [0.25, 0.3) is 0 Å². The first-order valence-corrected chi connectivity index (χ1v) is 11.4. The Kier molecular flexibility index (Phi) is 7.89. The van der Waals surface area contributed by atoms with Gasteiger partial charge < -0.3 is 34.1 Å². The standard InChI is InChI=1S/C25H29F2N5O4/c1-31-7-9-32(10-8-31)19-11-16(5-6-20(19)33-2)30-25-28-13-17(14-29-25)36-15-18-23(26)21(34-3)12-22(35-4)24(18)27/h5-6,11-14H,7-10,15H2,1-4H3,(H,28,29,30). The van der Waals surface area contributed by atoms with Gasteiger partial charge in [-0.1, -0.05) is 0 Å². The number of hydrogen-bond acceptors (Lipinski definition) is 9. The van der Waals surface area contributed by atoms with Crippen molar-refractivity contribution in [2.75, 3.05) is 64.8 Å². The molecule has 0 atom stereocenters. The van der Waals surface area contributed by atoms with Crippen LogP contribution in [0.3, 0.4) is 0 Å². The molecule has 36 heavy (non-hydrogen) atoms. The number of piperazine rings is 1. The van der Waals surface area contributed by atoms with Gasteiger partial charge >= 0.3 is 0 Å². The summed E-state index contributed by atoms with van der Waals surface area (Å²) < 4.78 is 50.1. The summed E-state index contributed by atoms with van der Waals surface area (Å²) in [6.07, 6.45) is 2.85. The first-order valence-electron chi connectivity index (χ1n) is 11.4. The van der Waals surface area contributed by atoms with Crippen LogP contribution >= 0.6 is 0 Å². The number of halogens is 2. The fourth-order valence-corrected chi connectivity index (χ4v) is 3.87. The van der Waals surface area contributed by atoms with E-state index in [1.165, 1.54) is 26.6 Å². The first kappa shape index (κ1) is 25.2. The second-order valence-corrected chi connectivity index (χ2v) is 8.22. The molecule has 0 spiro atoms. The van der Waals surface area contributed by atoms with Gasteiger partial charge in [-0.05, 0) is 25.2 Å². The van der Waals surface area contributed by atoms with E-state index in [2.05, 4.69) is 32.1 Å². The predicted octanol–water partition coefficient (Wildman–Crippen LogP) is 3.86. The van der Waals surface area contributed by atoms with Crippen LogP contribution in [0.1, 0.15) is 5.56 Å². The van der Waals surface area contributed by atoms with Crippen LogP contribution in [0, 0.1) is 11.6 Å². The molecule has 3 aromatic rings. The van der Waals surface area contributed by atoms with E-state index in [9.17, 15) is 8.78 Å². The van der Waals surface area contributed by atoms with E-state index in [-0.39, 0.29) is 22.8 Å². The Morgan fingerprint density at radius 1 is 0.861 bits per heavy atom. The van der Waals surface area contributed by atoms with Gasteiger partial charge in [0.15, 0.2) is 28.9 Å². The number of benzene rings is 2. The molecule has 9 nitrogen and oxygen atoms in total. The molecule has 11 heteroatoms. The monoisotopic (exact) mass is 501 g/mol. The van der Waals surface area contributed by atoms with Crippen molar-refractivity contribution in [1.29, 1.82) is 0 Å². The smallest absolute Gasteiger partial charge is 0.227 e. The highest BCUT2D eigenvalue weighted by Gasteiger charge is 2.21. The van der Waals surface area contributed by atoms with E-state index in [1.807, 2.05) is 18.2 Å². The molecule has 0 bridgehead atoms. The molecule has 0 amide bonds. The number of likely N-dealkylation sites (N-methyl/N-ethyl adjacent to an activating group) is 1. The molecule has 1 aliphatic rings. The molecule has 2 heterocycles. The average Bonchev–Trinajstić information content (AvgIpc) is 2.90. The predicted molar refractivity (Wildman–Crippen MR) is 132 cm³/mol. The summed E-state index contributed by atoms with van der Waals surface area (Å²) in [4.78, 5) is 13.1. The van der Waals surface area contributed by atoms with Crippen molar-refractivity contribution in [2.45, 2.75) is 6.61 Å².